The van der Waals surface area contributed by atoms with Gasteiger partial charge in [-0.2, -0.15) is 4.98 Å². The first kappa shape index (κ1) is 21.7. The van der Waals surface area contributed by atoms with Crippen molar-refractivity contribution in [2.75, 3.05) is 27.9 Å². The number of halogens is 3. The molecule has 1 saturated carbocycles. The van der Waals surface area contributed by atoms with E-state index in [1.807, 2.05) is 0 Å². The van der Waals surface area contributed by atoms with Crippen molar-refractivity contribution >= 4 is 35.1 Å². The quantitative estimate of drug-likeness (QED) is 0.535. The topological polar surface area (TPSA) is 111 Å². The number of nitrogens with one attached hydrogen (secondary N) is 4. The van der Waals surface area contributed by atoms with Crippen molar-refractivity contribution in [3.8, 4) is 0 Å². The molecule has 4 rings (SSSR count). The number of amides is 3. The van der Waals surface area contributed by atoms with Gasteiger partial charge in [-0.15, -0.1) is 0 Å². The van der Waals surface area contributed by atoms with Crippen molar-refractivity contribution in [1.82, 2.24) is 15.3 Å². The number of carbonyl (C=O) groups excluding carboxylic acids is 2. The molecule has 1 aliphatic carbocycles. The summed E-state index contributed by atoms with van der Waals surface area (Å²) in [6.45, 7) is 3.56. The van der Waals surface area contributed by atoms with Crippen LogP contribution in [0.3, 0.4) is 0 Å². The van der Waals surface area contributed by atoms with Gasteiger partial charge >= 0.3 is 6.03 Å². The van der Waals surface area contributed by atoms with Crippen LogP contribution in [0.4, 0.5) is 41.1 Å². The third-order valence-corrected chi connectivity index (χ3v) is 5.68. The molecule has 3 amide bonds. The Kier molecular flexibility index (Phi) is 5.53. The Balaban J connectivity index is 1.32. The minimum Gasteiger partial charge on any atom is -0.351 e. The minimum atomic E-state index is -1.33. The Labute approximate surface area is 181 Å². The Hall–Kier alpha value is -3.57. The lowest BCUT2D eigenvalue weighted by Gasteiger charge is -2.37. The minimum absolute atomic E-state index is 0.00124. The fourth-order valence-electron chi connectivity index (χ4n) is 3.61. The third-order valence-electron chi connectivity index (χ3n) is 5.68. The second-order valence-corrected chi connectivity index (χ2v) is 7.96. The number of aryl methyl sites for hydroxylation is 1. The molecule has 1 aliphatic heterocycles. The van der Waals surface area contributed by atoms with Crippen molar-refractivity contribution < 1.29 is 22.8 Å². The van der Waals surface area contributed by atoms with Gasteiger partial charge in [-0.3, -0.25) is 4.79 Å². The van der Waals surface area contributed by atoms with Crippen molar-refractivity contribution in [2.45, 2.75) is 44.8 Å². The average molecular weight is 449 g/mol. The van der Waals surface area contributed by atoms with Gasteiger partial charge in [-0.05, 0) is 26.7 Å². The van der Waals surface area contributed by atoms with Crippen LogP contribution in [0.1, 0.15) is 25.5 Å². The SMILES string of the molecule is Cc1nc(NC2CC(NC(=O)Nc3cc(F)c(F)cc3F)C2)nc2c1NC(=O)C(C)N2C. The summed E-state index contributed by atoms with van der Waals surface area (Å²) in [5.41, 5.74) is 0.765. The highest BCUT2D eigenvalue weighted by Crippen LogP contribution is 2.33. The highest BCUT2D eigenvalue weighted by atomic mass is 19.2. The standard InChI is InChI=1S/C20H22F3N7O2/c1-8-16-17(30(3)9(2)18(31)28-16)29-19(24-8)25-10-4-11(5-10)26-20(32)27-15-7-13(22)12(21)6-14(15)23/h6-7,9-11H,4-5H2,1-3H3,(H,28,31)(H,24,25,29)(H2,26,27,32). The number of benzene rings is 1. The van der Waals surface area contributed by atoms with Gasteiger partial charge in [0.15, 0.2) is 17.5 Å². The predicted molar refractivity (Wildman–Crippen MR) is 112 cm³/mol. The van der Waals surface area contributed by atoms with Crippen LogP contribution in [0.25, 0.3) is 0 Å². The lowest BCUT2D eigenvalue weighted by molar-refractivity contribution is -0.117. The van der Waals surface area contributed by atoms with Gasteiger partial charge in [0, 0.05) is 31.3 Å². The van der Waals surface area contributed by atoms with E-state index >= 15 is 0 Å². The number of carbonyl (C=O) groups is 2. The first-order valence-corrected chi connectivity index (χ1v) is 10.0. The zero-order valence-corrected chi connectivity index (χ0v) is 17.6. The van der Waals surface area contributed by atoms with E-state index in [2.05, 4.69) is 31.2 Å². The second-order valence-electron chi connectivity index (χ2n) is 7.96. The first-order chi connectivity index (χ1) is 15.1. The monoisotopic (exact) mass is 449 g/mol. The molecule has 1 unspecified atom stereocenters. The van der Waals surface area contributed by atoms with Crippen LogP contribution < -0.4 is 26.2 Å². The van der Waals surface area contributed by atoms with Gasteiger partial charge in [0.2, 0.25) is 11.9 Å². The summed E-state index contributed by atoms with van der Waals surface area (Å²) in [5.74, 6) is -2.75. The van der Waals surface area contributed by atoms with Crippen LogP contribution in [-0.2, 0) is 4.79 Å². The number of nitrogens with zero attached hydrogens (tertiary/aromatic N) is 3. The molecule has 0 radical (unpaired) electrons. The first-order valence-electron chi connectivity index (χ1n) is 10.0. The lowest BCUT2D eigenvalue weighted by Crippen LogP contribution is -2.51. The molecule has 2 aliphatic rings. The number of fused-ring (bicyclic) bond motifs is 1. The summed E-state index contributed by atoms with van der Waals surface area (Å²) in [6, 6.07) is -0.310. The average Bonchev–Trinajstić information content (AvgIpc) is 2.69. The summed E-state index contributed by atoms with van der Waals surface area (Å²) in [7, 11) is 1.79. The van der Waals surface area contributed by atoms with Crippen LogP contribution in [-0.4, -0.2) is 47.1 Å². The Bertz CT molecular complexity index is 1090. The fraction of sp³-hybridized carbons (Fsp3) is 0.400. The highest BCUT2D eigenvalue weighted by Gasteiger charge is 2.33. The largest absolute Gasteiger partial charge is 0.351 e. The number of rotatable bonds is 4. The molecule has 170 valence electrons. The van der Waals surface area contributed by atoms with Crippen LogP contribution >= 0.6 is 0 Å². The molecule has 1 fully saturated rings. The number of likely N-dealkylation sites (N-methyl/N-ethyl adjacent to an activating group) is 1. The zero-order valence-electron chi connectivity index (χ0n) is 17.6. The van der Waals surface area contributed by atoms with E-state index in [4.69, 9.17) is 0 Å². The van der Waals surface area contributed by atoms with Crippen LogP contribution in [0.2, 0.25) is 0 Å². The molecule has 1 atom stereocenters. The third kappa shape index (κ3) is 4.12. The van der Waals surface area contributed by atoms with Gasteiger partial charge in [-0.1, -0.05) is 0 Å². The Morgan fingerprint density at radius 2 is 1.81 bits per heavy atom. The molecule has 1 aromatic heterocycles. The normalized spacial score (nSPS) is 21.9. The number of anilines is 4. The lowest BCUT2D eigenvalue weighted by atomic mass is 9.87. The maximum Gasteiger partial charge on any atom is 0.319 e. The molecule has 32 heavy (non-hydrogen) atoms. The molecule has 1 aromatic carbocycles. The van der Waals surface area contributed by atoms with Crippen LogP contribution in [0, 0.1) is 24.4 Å². The molecule has 4 N–H and O–H groups in total. The van der Waals surface area contributed by atoms with E-state index in [0.29, 0.717) is 48.1 Å². The number of aromatic nitrogens is 2. The number of hydrogen-bond donors (Lipinski definition) is 4. The molecular formula is C20H22F3N7O2. The van der Waals surface area contributed by atoms with Gasteiger partial charge in [0.05, 0.1) is 11.4 Å². The van der Waals surface area contributed by atoms with Crippen molar-refractivity contribution in [2.24, 2.45) is 0 Å². The summed E-state index contributed by atoms with van der Waals surface area (Å²) in [4.78, 5) is 34.7. The summed E-state index contributed by atoms with van der Waals surface area (Å²) in [6.07, 6.45) is 1.13. The second kappa shape index (κ2) is 8.17. The summed E-state index contributed by atoms with van der Waals surface area (Å²) < 4.78 is 39.9. The van der Waals surface area contributed by atoms with E-state index < -0.39 is 29.2 Å². The van der Waals surface area contributed by atoms with Crippen LogP contribution in [0.15, 0.2) is 12.1 Å². The van der Waals surface area contributed by atoms with Gasteiger partial charge < -0.3 is 26.2 Å². The Morgan fingerprint density at radius 1 is 1.12 bits per heavy atom. The molecule has 2 heterocycles. The molecule has 0 bridgehead atoms. The molecular weight excluding hydrogens is 427 g/mol. The molecule has 12 heteroatoms. The van der Waals surface area contributed by atoms with E-state index in [1.54, 1.807) is 25.8 Å². The molecule has 9 nitrogen and oxygen atoms in total. The van der Waals surface area contributed by atoms with Gasteiger partial charge in [-0.25, -0.2) is 22.9 Å². The van der Waals surface area contributed by atoms with Gasteiger partial charge in [0.25, 0.3) is 0 Å². The maximum atomic E-state index is 13.7. The van der Waals surface area contributed by atoms with Crippen molar-refractivity contribution in [3.05, 3.63) is 35.3 Å². The van der Waals surface area contributed by atoms with E-state index in [0.717, 1.165) is 0 Å². The van der Waals surface area contributed by atoms with E-state index in [9.17, 15) is 22.8 Å². The summed E-state index contributed by atoms with van der Waals surface area (Å²) >= 11 is 0. The fourth-order valence-corrected chi connectivity index (χ4v) is 3.61. The maximum absolute atomic E-state index is 13.7. The predicted octanol–water partition coefficient (Wildman–Crippen LogP) is 2.74. The molecule has 0 spiro atoms. The van der Waals surface area contributed by atoms with Crippen molar-refractivity contribution in [1.29, 1.82) is 0 Å². The van der Waals surface area contributed by atoms with Crippen molar-refractivity contribution in [3.63, 3.8) is 0 Å². The number of urea groups is 1. The smallest absolute Gasteiger partial charge is 0.319 e. The molecule has 0 saturated heterocycles. The van der Waals surface area contributed by atoms with E-state index in [1.165, 1.54) is 0 Å². The number of hydrogen-bond acceptors (Lipinski definition) is 6. The van der Waals surface area contributed by atoms with Gasteiger partial charge in [0.1, 0.15) is 17.5 Å². The Morgan fingerprint density at radius 3 is 2.53 bits per heavy atom. The zero-order chi connectivity index (χ0) is 23.2. The summed E-state index contributed by atoms with van der Waals surface area (Å²) in [5, 5.41) is 10.9. The molecule has 2 aromatic rings. The highest BCUT2D eigenvalue weighted by molar-refractivity contribution is 6.03. The van der Waals surface area contributed by atoms with Crippen LogP contribution in [0.5, 0.6) is 0 Å². The van der Waals surface area contributed by atoms with E-state index in [-0.39, 0.29) is 24.0 Å².